The van der Waals surface area contributed by atoms with Crippen molar-refractivity contribution in [3.8, 4) is 0 Å². The molecule has 23 heavy (non-hydrogen) atoms. The van der Waals surface area contributed by atoms with E-state index in [0.717, 1.165) is 19.2 Å². The molecule has 1 aliphatic heterocycles. The van der Waals surface area contributed by atoms with Gasteiger partial charge in [0.05, 0.1) is 17.7 Å². The van der Waals surface area contributed by atoms with Crippen LogP contribution in [-0.2, 0) is 25.9 Å². The summed E-state index contributed by atoms with van der Waals surface area (Å²) < 4.78 is 44.0. The maximum Gasteiger partial charge on any atom is 0.417 e. The van der Waals surface area contributed by atoms with Crippen molar-refractivity contribution in [2.24, 2.45) is 5.41 Å². The molecule has 1 heterocycles. The van der Waals surface area contributed by atoms with Crippen molar-refractivity contribution in [1.82, 2.24) is 5.32 Å². The van der Waals surface area contributed by atoms with Gasteiger partial charge in [-0.05, 0) is 30.5 Å². The van der Waals surface area contributed by atoms with Gasteiger partial charge in [-0.3, -0.25) is 9.59 Å². The van der Waals surface area contributed by atoms with E-state index in [1.807, 2.05) is 0 Å². The summed E-state index contributed by atoms with van der Waals surface area (Å²) in [5.74, 6) is -1.22. The first-order valence-corrected chi connectivity index (χ1v) is 7.31. The molecule has 0 spiro atoms. The molecule has 1 aromatic rings. The summed E-state index contributed by atoms with van der Waals surface area (Å²) in [7, 11) is 1.16. The zero-order valence-electron chi connectivity index (χ0n) is 12.1. The fraction of sp³-hybridized carbons (Fsp3) is 0.467. The molecule has 1 aliphatic carbocycles. The van der Waals surface area contributed by atoms with Gasteiger partial charge in [0, 0.05) is 12.0 Å². The fourth-order valence-electron chi connectivity index (χ4n) is 3.62. The molecule has 2 atom stereocenters. The number of esters is 1. The molecule has 0 bridgehead atoms. The number of amides is 1. The molecule has 1 amide bonds. The molecule has 2 fully saturated rings. The third kappa shape index (κ3) is 2.06. The molecule has 3 rings (SSSR count). The van der Waals surface area contributed by atoms with Gasteiger partial charge in [-0.2, -0.15) is 13.2 Å². The van der Waals surface area contributed by atoms with Crippen LogP contribution < -0.4 is 5.32 Å². The van der Waals surface area contributed by atoms with E-state index in [-0.39, 0.29) is 12.0 Å². The van der Waals surface area contributed by atoms with E-state index in [1.54, 1.807) is 0 Å². The number of methoxy groups -OCH3 is 1. The predicted molar refractivity (Wildman–Crippen MR) is 74.8 cm³/mol. The molecule has 124 valence electrons. The Kier molecular flexibility index (Phi) is 3.41. The van der Waals surface area contributed by atoms with E-state index in [4.69, 9.17) is 16.3 Å². The summed E-state index contributed by atoms with van der Waals surface area (Å²) in [4.78, 5) is 24.4. The van der Waals surface area contributed by atoms with Gasteiger partial charge in [0.15, 0.2) is 5.41 Å². The van der Waals surface area contributed by atoms with Crippen molar-refractivity contribution < 1.29 is 27.5 Å². The topological polar surface area (TPSA) is 55.4 Å². The molecule has 4 nitrogen and oxygen atoms in total. The summed E-state index contributed by atoms with van der Waals surface area (Å²) >= 11 is 5.64. The van der Waals surface area contributed by atoms with Gasteiger partial charge in [0.2, 0.25) is 5.91 Å². The zero-order valence-corrected chi connectivity index (χ0v) is 12.8. The molecule has 1 saturated carbocycles. The Morgan fingerprint density at radius 2 is 2.09 bits per heavy atom. The van der Waals surface area contributed by atoms with Gasteiger partial charge < -0.3 is 10.1 Å². The minimum Gasteiger partial charge on any atom is -0.468 e. The molecular weight excluding hydrogens is 335 g/mol. The van der Waals surface area contributed by atoms with Gasteiger partial charge >= 0.3 is 12.1 Å². The molecule has 8 heteroatoms. The lowest BCUT2D eigenvalue weighted by atomic mass is 9.80. The lowest BCUT2D eigenvalue weighted by Crippen LogP contribution is -2.48. The fourth-order valence-corrected chi connectivity index (χ4v) is 3.84. The highest BCUT2D eigenvalue weighted by molar-refractivity contribution is 6.31. The Hall–Kier alpha value is -1.76. The number of carbonyl (C=O) groups is 2. The second kappa shape index (κ2) is 4.87. The molecule has 1 aromatic carbocycles. The van der Waals surface area contributed by atoms with Crippen molar-refractivity contribution >= 4 is 23.5 Å². The Balaban J connectivity index is 2.12. The van der Waals surface area contributed by atoms with Crippen LogP contribution in [0.4, 0.5) is 13.2 Å². The highest BCUT2D eigenvalue weighted by Gasteiger charge is 2.78. The van der Waals surface area contributed by atoms with Crippen LogP contribution in [0.15, 0.2) is 18.2 Å². The highest BCUT2D eigenvalue weighted by atomic mass is 35.5. The highest BCUT2D eigenvalue weighted by Crippen LogP contribution is 2.69. The average molecular weight is 348 g/mol. The number of piperidine rings is 1. The number of hydrogen-bond acceptors (Lipinski definition) is 3. The van der Waals surface area contributed by atoms with Crippen molar-refractivity contribution in [3.63, 3.8) is 0 Å². The predicted octanol–water partition coefficient (Wildman–Crippen LogP) is 2.68. The first-order valence-electron chi connectivity index (χ1n) is 6.93. The summed E-state index contributed by atoms with van der Waals surface area (Å²) in [6, 6.07) is 3.54. The molecule has 1 N–H and O–H groups in total. The van der Waals surface area contributed by atoms with Crippen molar-refractivity contribution in [3.05, 3.63) is 34.3 Å². The Bertz CT molecular complexity index is 696. The first-order chi connectivity index (χ1) is 10.7. The normalized spacial score (nSPS) is 29.5. The number of fused-ring (bicyclic) bond motifs is 1. The maximum absolute atomic E-state index is 13.1. The standard InChI is InChI=1S/C15H13ClF3NO3/c1-23-12(22)14-7-13(14,4-5-20-11(14)21)8-2-3-10(16)9(6-8)15(17,18)19/h2-3,6H,4-5,7H2,1H3,(H,20,21)/t13-,14-/m0/s1. The van der Waals surface area contributed by atoms with E-state index in [2.05, 4.69) is 5.32 Å². The van der Waals surface area contributed by atoms with Gasteiger partial charge in [-0.1, -0.05) is 17.7 Å². The maximum atomic E-state index is 13.1. The number of halogens is 4. The second-order valence-electron chi connectivity index (χ2n) is 5.85. The van der Waals surface area contributed by atoms with Crippen LogP contribution in [0.1, 0.15) is 24.0 Å². The number of ether oxygens (including phenoxy) is 1. The SMILES string of the molecule is COC(=O)[C@@]12C[C@]1(c1ccc(Cl)c(C(F)(F)F)c1)CCNC2=O. The van der Waals surface area contributed by atoms with Crippen LogP contribution in [0.25, 0.3) is 0 Å². The van der Waals surface area contributed by atoms with E-state index >= 15 is 0 Å². The van der Waals surface area contributed by atoms with Crippen LogP contribution in [0.3, 0.4) is 0 Å². The quantitative estimate of drug-likeness (QED) is 0.661. The monoisotopic (exact) mass is 347 g/mol. The van der Waals surface area contributed by atoms with E-state index in [9.17, 15) is 22.8 Å². The smallest absolute Gasteiger partial charge is 0.417 e. The van der Waals surface area contributed by atoms with Gasteiger partial charge in [-0.15, -0.1) is 0 Å². The van der Waals surface area contributed by atoms with E-state index in [1.165, 1.54) is 6.07 Å². The molecule has 2 aliphatic rings. The van der Waals surface area contributed by atoms with E-state index < -0.39 is 39.5 Å². The minimum atomic E-state index is -4.61. The van der Waals surface area contributed by atoms with Crippen LogP contribution in [0, 0.1) is 5.41 Å². The average Bonchev–Trinajstić information content (AvgIpc) is 3.19. The van der Waals surface area contributed by atoms with Crippen LogP contribution in [0.5, 0.6) is 0 Å². The molecule has 0 unspecified atom stereocenters. The van der Waals surface area contributed by atoms with Crippen LogP contribution >= 0.6 is 11.6 Å². The number of nitrogens with one attached hydrogen (secondary N) is 1. The summed E-state index contributed by atoms with van der Waals surface area (Å²) in [6.07, 6.45) is -4.10. The summed E-state index contributed by atoms with van der Waals surface area (Å²) in [5, 5.41) is 2.18. The van der Waals surface area contributed by atoms with Crippen LogP contribution in [0.2, 0.25) is 5.02 Å². The molecule has 1 saturated heterocycles. The number of benzene rings is 1. The molecular formula is C15H13ClF3NO3. The summed E-state index contributed by atoms with van der Waals surface area (Å²) in [5.41, 5.74) is -3.10. The lowest BCUT2D eigenvalue weighted by molar-refractivity contribution is -0.154. The van der Waals surface area contributed by atoms with Gasteiger partial charge in [-0.25, -0.2) is 0 Å². The van der Waals surface area contributed by atoms with Crippen molar-refractivity contribution in [2.75, 3.05) is 13.7 Å². The number of alkyl halides is 3. The lowest BCUT2D eigenvalue weighted by Gasteiger charge is -2.29. The summed E-state index contributed by atoms with van der Waals surface area (Å²) in [6.45, 7) is 0.293. The number of rotatable bonds is 2. The Labute approximate surface area is 134 Å². The number of hydrogen-bond donors (Lipinski definition) is 1. The minimum absolute atomic E-state index is 0.136. The molecule has 0 radical (unpaired) electrons. The van der Waals surface area contributed by atoms with Gasteiger partial charge in [0.1, 0.15) is 0 Å². The Morgan fingerprint density at radius 3 is 2.70 bits per heavy atom. The largest absolute Gasteiger partial charge is 0.468 e. The Morgan fingerprint density at radius 1 is 1.39 bits per heavy atom. The third-order valence-corrected chi connectivity index (χ3v) is 5.17. The first kappa shape index (κ1) is 16.1. The second-order valence-corrected chi connectivity index (χ2v) is 6.26. The van der Waals surface area contributed by atoms with Crippen molar-refractivity contribution in [2.45, 2.75) is 24.4 Å². The molecule has 0 aromatic heterocycles. The van der Waals surface area contributed by atoms with Crippen LogP contribution in [-0.4, -0.2) is 25.5 Å². The zero-order chi connectivity index (χ0) is 17.0. The van der Waals surface area contributed by atoms with E-state index in [0.29, 0.717) is 13.0 Å². The van der Waals surface area contributed by atoms with Gasteiger partial charge in [0.25, 0.3) is 0 Å². The van der Waals surface area contributed by atoms with Crippen molar-refractivity contribution in [1.29, 1.82) is 0 Å². The third-order valence-electron chi connectivity index (χ3n) is 4.84. The number of carbonyl (C=O) groups excluding carboxylic acids is 2.